The fourth-order valence-electron chi connectivity index (χ4n) is 11.2. The molecule has 8 rings (SSSR count). The lowest BCUT2D eigenvalue weighted by atomic mass is 9.79. The smallest absolute Gasteiger partial charge is 0.414 e. The first kappa shape index (κ1) is 55.6. The van der Waals surface area contributed by atoms with E-state index in [1.165, 1.54) is 48.5 Å². The van der Waals surface area contributed by atoms with Gasteiger partial charge in [0.2, 0.25) is 0 Å². The zero-order chi connectivity index (χ0) is 53.7. The fourth-order valence-corrected chi connectivity index (χ4v) is 11.2. The maximum atomic E-state index is 17.9. The van der Waals surface area contributed by atoms with Crippen LogP contribution in [0.4, 0.5) is 43.9 Å². The normalized spacial score (nSPS) is 19.7. The Morgan fingerprint density at radius 3 is 1.07 bits per heavy atom. The van der Waals surface area contributed by atoms with Crippen molar-refractivity contribution in [2.45, 2.75) is 139 Å². The van der Waals surface area contributed by atoms with Crippen molar-refractivity contribution in [3.63, 3.8) is 0 Å². The number of methoxy groups -OCH3 is 2. The van der Waals surface area contributed by atoms with Gasteiger partial charge in [-0.25, -0.2) is 0 Å². The highest BCUT2D eigenvalue weighted by Crippen LogP contribution is 2.51. The molecule has 2 saturated carbocycles. The van der Waals surface area contributed by atoms with Crippen molar-refractivity contribution in [1.29, 1.82) is 0 Å². The van der Waals surface area contributed by atoms with Crippen LogP contribution in [0.2, 0.25) is 0 Å². The molecule has 0 saturated heterocycles. The summed E-state index contributed by atoms with van der Waals surface area (Å²) in [5, 5.41) is 0. The van der Waals surface area contributed by atoms with Crippen LogP contribution in [0.15, 0.2) is 133 Å². The Kier molecular flexibility index (Phi) is 17.3. The standard InChI is InChI=1S/C62H64F10O3/c1-39-15-23-43(24-16-39)45-27-19-41(20-28-45)35-51-47(37-55(73-3)61(67,68)69)31-33-53(57(51)59(63,64)49-11-7-5-8-12-49)75-54-34-32-48(38-56(74-4)62(70,71)72)52(58(54)60(65,66)50-13-9-6-10-14-50)36-42-21-29-46(30-22-42)44-25-17-40(2)18-26-44/h5-14,19-22,27-34,39-40,43-44,55-56H,15-18,23-26,35-38H2,1-4H3. The van der Waals surface area contributed by atoms with Gasteiger partial charge in [-0.3, -0.25) is 0 Å². The number of rotatable bonds is 18. The lowest BCUT2D eigenvalue weighted by molar-refractivity contribution is -0.212. The highest BCUT2D eigenvalue weighted by Gasteiger charge is 2.46. The first-order valence-corrected chi connectivity index (χ1v) is 25.9. The molecule has 2 aliphatic rings. The number of hydrogen-bond acceptors (Lipinski definition) is 3. The Labute approximate surface area is 433 Å². The molecule has 0 bridgehead atoms. The van der Waals surface area contributed by atoms with Gasteiger partial charge in [0.15, 0.2) is 12.2 Å². The van der Waals surface area contributed by atoms with E-state index in [0.29, 0.717) is 23.0 Å². The van der Waals surface area contributed by atoms with Gasteiger partial charge in [-0.2, -0.15) is 43.9 Å². The van der Waals surface area contributed by atoms with Crippen LogP contribution in [-0.2, 0) is 47.0 Å². The summed E-state index contributed by atoms with van der Waals surface area (Å²) in [6.07, 6.45) is -8.88. The van der Waals surface area contributed by atoms with Crippen LogP contribution in [0, 0.1) is 11.8 Å². The molecule has 0 aromatic heterocycles. The van der Waals surface area contributed by atoms with Gasteiger partial charge in [0.05, 0.1) is 11.1 Å². The molecule has 75 heavy (non-hydrogen) atoms. The first-order valence-electron chi connectivity index (χ1n) is 25.9. The van der Waals surface area contributed by atoms with Crippen LogP contribution >= 0.6 is 0 Å². The zero-order valence-corrected chi connectivity index (χ0v) is 42.7. The second kappa shape index (κ2) is 23.3. The summed E-state index contributed by atoms with van der Waals surface area (Å²) in [7, 11) is 1.76. The Morgan fingerprint density at radius 1 is 0.427 bits per heavy atom. The molecule has 6 aromatic rings. The molecule has 6 aromatic carbocycles. The minimum atomic E-state index is -4.90. The third-order valence-electron chi connectivity index (χ3n) is 15.7. The maximum Gasteiger partial charge on any atom is 0.414 e. The van der Waals surface area contributed by atoms with Gasteiger partial charge < -0.3 is 14.2 Å². The second-order valence-corrected chi connectivity index (χ2v) is 20.8. The summed E-state index contributed by atoms with van der Waals surface area (Å²) in [6.45, 7) is 4.42. The predicted octanol–water partition coefficient (Wildman–Crippen LogP) is 17.8. The summed E-state index contributed by atoms with van der Waals surface area (Å²) in [5.74, 6) is -7.57. The minimum absolute atomic E-state index is 0.141. The van der Waals surface area contributed by atoms with Crippen LogP contribution in [0.3, 0.4) is 0 Å². The number of benzene rings is 6. The molecule has 2 aliphatic carbocycles. The van der Waals surface area contributed by atoms with Gasteiger partial charge in [0.1, 0.15) is 11.5 Å². The number of ether oxygens (including phenoxy) is 3. The Hall–Kier alpha value is -5.66. The zero-order valence-electron chi connectivity index (χ0n) is 42.7. The lowest BCUT2D eigenvalue weighted by Gasteiger charge is -2.30. The third-order valence-corrected chi connectivity index (χ3v) is 15.7. The van der Waals surface area contributed by atoms with Gasteiger partial charge in [-0.1, -0.05) is 161 Å². The molecule has 0 heterocycles. The van der Waals surface area contributed by atoms with Gasteiger partial charge in [0.25, 0.3) is 0 Å². The Balaban J connectivity index is 1.34. The van der Waals surface area contributed by atoms with Crippen molar-refractivity contribution in [1.82, 2.24) is 0 Å². The minimum Gasteiger partial charge on any atom is -0.456 e. The topological polar surface area (TPSA) is 27.7 Å². The molecule has 2 unspecified atom stereocenters. The molecule has 400 valence electrons. The number of hydrogen-bond donors (Lipinski definition) is 0. The van der Waals surface area contributed by atoms with Crippen LogP contribution in [0.1, 0.15) is 144 Å². The molecule has 0 spiro atoms. The average molecular weight is 1050 g/mol. The Morgan fingerprint density at radius 2 is 0.760 bits per heavy atom. The van der Waals surface area contributed by atoms with Gasteiger partial charge in [-0.15, -0.1) is 0 Å². The van der Waals surface area contributed by atoms with Crippen molar-refractivity contribution in [2.75, 3.05) is 14.2 Å². The van der Waals surface area contributed by atoms with E-state index in [-0.39, 0.29) is 46.9 Å². The van der Waals surface area contributed by atoms with Crippen molar-refractivity contribution in [3.05, 3.63) is 200 Å². The highest BCUT2D eigenvalue weighted by atomic mass is 19.4. The number of halogens is 10. The third kappa shape index (κ3) is 13.0. The maximum absolute atomic E-state index is 17.9. The van der Waals surface area contributed by atoms with Crippen molar-refractivity contribution < 1.29 is 58.1 Å². The van der Waals surface area contributed by atoms with E-state index in [0.717, 1.165) is 113 Å². The molecular formula is C62H64F10O3. The second-order valence-electron chi connectivity index (χ2n) is 20.8. The molecule has 0 N–H and O–H groups in total. The van der Waals surface area contributed by atoms with E-state index in [9.17, 15) is 26.3 Å². The highest BCUT2D eigenvalue weighted by molar-refractivity contribution is 5.58. The molecule has 0 radical (unpaired) electrons. The average Bonchev–Trinajstić information content (AvgIpc) is 3.40. The van der Waals surface area contributed by atoms with Gasteiger partial charge >= 0.3 is 24.2 Å². The lowest BCUT2D eigenvalue weighted by Crippen LogP contribution is -2.33. The monoisotopic (exact) mass is 1050 g/mol. The molecule has 2 fully saturated rings. The van der Waals surface area contributed by atoms with E-state index in [1.807, 2.05) is 24.3 Å². The predicted molar refractivity (Wildman–Crippen MR) is 272 cm³/mol. The van der Waals surface area contributed by atoms with Crippen LogP contribution < -0.4 is 4.74 Å². The SMILES string of the molecule is COC(Cc1ccc(Oc2ccc(CC(OC)C(F)(F)F)c(Cc3ccc(C4CCC(C)CC4)cc3)c2C(F)(F)c2ccccc2)c(C(F)(F)c2ccccc2)c1Cc1ccc(C2CCC(C)CC2)cc1)C(F)(F)F. The van der Waals surface area contributed by atoms with Gasteiger partial charge in [0, 0.05) is 38.2 Å². The van der Waals surface area contributed by atoms with E-state index >= 15 is 17.6 Å². The summed E-state index contributed by atoms with van der Waals surface area (Å²) in [6, 6.07) is 32.4. The first-order chi connectivity index (χ1) is 35.7. The van der Waals surface area contributed by atoms with E-state index in [2.05, 4.69) is 13.8 Å². The Bertz CT molecular complexity index is 2600. The van der Waals surface area contributed by atoms with Crippen molar-refractivity contribution in [2.24, 2.45) is 11.8 Å². The quantitative estimate of drug-likeness (QED) is 0.0803. The molecule has 0 amide bonds. The van der Waals surface area contributed by atoms with Crippen LogP contribution in [-0.4, -0.2) is 38.8 Å². The molecule has 2 atom stereocenters. The summed E-state index contributed by atoms with van der Waals surface area (Å²) < 4.78 is 175. The largest absolute Gasteiger partial charge is 0.456 e. The van der Waals surface area contributed by atoms with Gasteiger partial charge in [-0.05, 0) is 119 Å². The van der Waals surface area contributed by atoms with Crippen molar-refractivity contribution >= 4 is 0 Å². The molecular weight excluding hydrogens is 983 g/mol. The summed E-state index contributed by atoms with van der Waals surface area (Å²) in [4.78, 5) is 0. The number of alkyl halides is 10. The van der Waals surface area contributed by atoms with E-state index in [4.69, 9.17) is 14.2 Å². The fraction of sp³-hybridized carbons (Fsp3) is 0.419. The van der Waals surface area contributed by atoms with Crippen LogP contribution in [0.5, 0.6) is 11.5 Å². The summed E-state index contributed by atoms with van der Waals surface area (Å²) >= 11 is 0. The molecule has 0 aliphatic heterocycles. The summed E-state index contributed by atoms with van der Waals surface area (Å²) in [5.41, 5.74) is -0.475. The van der Waals surface area contributed by atoms with Crippen molar-refractivity contribution in [3.8, 4) is 11.5 Å². The van der Waals surface area contributed by atoms with E-state index < -0.39 is 83.0 Å². The van der Waals surface area contributed by atoms with Crippen LogP contribution in [0.25, 0.3) is 0 Å². The molecule has 3 nitrogen and oxygen atoms in total. The van der Waals surface area contributed by atoms with E-state index in [1.54, 1.807) is 24.3 Å². The molecule has 13 heteroatoms.